The first-order valence-corrected chi connectivity index (χ1v) is 9.25. The van der Waals surface area contributed by atoms with E-state index in [0.29, 0.717) is 0 Å². The summed E-state index contributed by atoms with van der Waals surface area (Å²) in [4.78, 5) is 13.1. The highest BCUT2D eigenvalue weighted by molar-refractivity contribution is 9.10. The fourth-order valence-corrected chi connectivity index (χ4v) is 7.01. The van der Waals surface area contributed by atoms with Crippen LogP contribution >= 0.6 is 15.9 Å². The SMILES string of the molecule is Cc1cccc(NC(=O)C23C[C@@H]4C[C@@H](CC(Br)(C4)C2)C3)c1C. The second-order valence-electron chi connectivity index (χ2n) is 8.09. The first-order chi connectivity index (χ1) is 10.4. The molecule has 4 aliphatic carbocycles. The predicted octanol–water partition coefficient (Wildman–Crippen LogP) is 4.98. The molecule has 118 valence electrons. The van der Waals surface area contributed by atoms with Gasteiger partial charge in [-0.15, -0.1) is 0 Å². The van der Waals surface area contributed by atoms with E-state index >= 15 is 0 Å². The van der Waals surface area contributed by atoms with Gasteiger partial charge in [0, 0.05) is 10.0 Å². The van der Waals surface area contributed by atoms with E-state index in [-0.39, 0.29) is 15.6 Å². The highest BCUT2D eigenvalue weighted by Crippen LogP contribution is 2.64. The van der Waals surface area contributed by atoms with Crippen molar-refractivity contribution in [2.75, 3.05) is 5.32 Å². The van der Waals surface area contributed by atoms with Gasteiger partial charge in [0.1, 0.15) is 0 Å². The number of carbonyl (C=O) groups excluding carboxylic acids is 1. The van der Waals surface area contributed by atoms with E-state index in [1.165, 1.54) is 30.4 Å². The van der Waals surface area contributed by atoms with Crippen molar-refractivity contribution in [3.8, 4) is 0 Å². The molecule has 2 nitrogen and oxygen atoms in total. The molecular formula is C19H24BrNO. The van der Waals surface area contributed by atoms with Crippen LogP contribution in [-0.2, 0) is 4.79 Å². The summed E-state index contributed by atoms with van der Waals surface area (Å²) < 4.78 is 0.232. The molecule has 4 fully saturated rings. The van der Waals surface area contributed by atoms with Crippen LogP contribution in [0.5, 0.6) is 0 Å². The maximum atomic E-state index is 13.1. The van der Waals surface area contributed by atoms with Crippen LogP contribution in [-0.4, -0.2) is 10.2 Å². The molecule has 0 saturated heterocycles. The Morgan fingerprint density at radius 1 is 1.18 bits per heavy atom. The lowest BCUT2D eigenvalue weighted by Gasteiger charge is -2.59. The summed E-state index contributed by atoms with van der Waals surface area (Å²) in [6, 6.07) is 6.16. The topological polar surface area (TPSA) is 29.1 Å². The Morgan fingerprint density at radius 2 is 1.86 bits per heavy atom. The van der Waals surface area contributed by atoms with Crippen molar-refractivity contribution in [2.24, 2.45) is 17.3 Å². The number of nitrogens with one attached hydrogen (secondary N) is 1. The van der Waals surface area contributed by atoms with Crippen molar-refractivity contribution < 1.29 is 4.79 Å². The highest BCUT2D eigenvalue weighted by Gasteiger charge is 2.59. The molecule has 1 aromatic carbocycles. The van der Waals surface area contributed by atoms with E-state index in [0.717, 1.165) is 36.8 Å². The summed E-state index contributed by atoms with van der Waals surface area (Å²) in [6.07, 6.45) is 7.07. The number of hydrogen-bond donors (Lipinski definition) is 1. The fourth-order valence-electron chi connectivity index (χ4n) is 5.56. The maximum Gasteiger partial charge on any atom is 0.230 e. The number of benzene rings is 1. The number of aryl methyl sites for hydroxylation is 1. The summed E-state index contributed by atoms with van der Waals surface area (Å²) in [5.74, 6) is 1.74. The molecule has 4 aliphatic rings. The largest absolute Gasteiger partial charge is 0.325 e. The molecular weight excluding hydrogens is 338 g/mol. The Labute approximate surface area is 141 Å². The number of rotatable bonds is 2. The quantitative estimate of drug-likeness (QED) is 0.739. The zero-order valence-corrected chi connectivity index (χ0v) is 15.0. The van der Waals surface area contributed by atoms with Crippen LogP contribution in [0.2, 0.25) is 0 Å². The van der Waals surface area contributed by atoms with Gasteiger partial charge in [-0.1, -0.05) is 28.1 Å². The predicted molar refractivity (Wildman–Crippen MR) is 93.3 cm³/mol. The van der Waals surface area contributed by atoms with Gasteiger partial charge in [0.15, 0.2) is 0 Å². The lowest BCUT2D eigenvalue weighted by molar-refractivity contribution is -0.138. The smallest absolute Gasteiger partial charge is 0.230 e. The van der Waals surface area contributed by atoms with Crippen LogP contribution in [0.15, 0.2) is 18.2 Å². The molecule has 0 radical (unpaired) electrons. The molecule has 0 spiro atoms. The zero-order chi connectivity index (χ0) is 15.5. The van der Waals surface area contributed by atoms with E-state index in [1.807, 2.05) is 12.1 Å². The Kier molecular flexibility index (Phi) is 3.24. The van der Waals surface area contributed by atoms with E-state index in [1.54, 1.807) is 0 Å². The first-order valence-electron chi connectivity index (χ1n) is 8.46. The molecule has 1 amide bonds. The summed E-state index contributed by atoms with van der Waals surface area (Å²) >= 11 is 3.99. The molecule has 1 N–H and O–H groups in total. The standard InChI is InChI=1S/C19H24BrNO/c1-12-4-3-5-16(13(12)2)21-17(22)18-7-14-6-15(8-18)10-19(20,9-14)11-18/h3-5,14-15H,6-11H2,1-2H3,(H,21,22)/t14-,15+,18?,19?. The number of alkyl halides is 1. The van der Waals surface area contributed by atoms with Gasteiger partial charge in [0.05, 0.1) is 5.41 Å². The number of anilines is 1. The van der Waals surface area contributed by atoms with Crippen LogP contribution in [0.25, 0.3) is 0 Å². The number of halogens is 1. The Morgan fingerprint density at radius 3 is 2.50 bits per heavy atom. The molecule has 4 saturated carbocycles. The lowest BCUT2D eigenvalue weighted by Crippen LogP contribution is -2.57. The second-order valence-corrected chi connectivity index (χ2v) is 9.78. The minimum atomic E-state index is -0.135. The molecule has 22 heavy (non-hydrogen) atoms. The van der Waals surface area contributed by atoms with Crippen LogP contribution in [0.3, 0.4) is 0 Å². The maximum absolute atomic E-state index is 13.1. The Bertz CT molecular complexity index is 624. The molecule has 4 bridgehead atoms. The first kappa shape index (κ1) is 14.7. The Hall–Kier alpha value is -0.830. The van der Waals surface area contributed by atoms with Crippen molar-refractivity contribution in [1.82, 2.24) is 0 Å². The molecule has 0 aromatic heterocycles. The van der Waals surface area contributed by atoms with E-state index in [4.69, 9.17) is 0 Å². The monoisotopic (exact) mass is 361 g/mol. The average molecular weight is 362 g/mol. The summed E-state index contributed by atoms with van der Waals surface area (Å²) in [5, 5.41) is 3.27. The van der Waals surface area contributed by atoms with E-state index in [9.17, 15) is 4.79 Å². The fraction of sp³-hybridized carbons (Fsp3) is 0.632. The molecule has 3 heteroatoms. The van der Waals surface area contributed by atoms with Crippen molar-refractivity contribution >= 4 is 27.5 Å². The number of amides is 1. The molecule has 5 rings (SSSR count). The van der Waals surface area contributed by atoms with Crippen molar-refractivity contribution in [2.45, 2.75) is 56.7 Å². The van der Waals surface area contributed by atoms with Gasteiger partial charge in [-0.05, 0) is 81.4 Å². The molecule has 0 aliphatic heterocycles. The van der Waals surface area contributed by atoms with Gasteiger partial charge < -0.3 is 5.32 Å². The van der Waals surface area contributed by atoms with Crippen LogP contribution in [0.4, 0.5) is 5.69 Å². The third-order valence-electron chi connectivity index (χ3n) is 6.32. The zero-order valence-electron chi connectivity index (χ0n) is 13.4. The van der Waals surface area contributed by atoms with Gasteiger partial charge in [0.25, 0.3) is 0 Å². The molecule has 2 unspecified atom stereocenters. The normalized spacial score (nSPS) is 39.0. The summed E-state index contributed by atoms with van der Waals surface area (Å²) in [7, 11) is 0. The van der Waals surface area contributed by atoms with Gasteiger partial charge in [-0.3, -0.25) is 4.79 Å². The highest BCUT2D eigenvalue weighted by atomic mass is 79.9. The summed E-state index contributed by atoms with van der Waals surface area (Å²) in [5.41, 5.74) is 3.28. The van der Waals surface area contributed by atoms with Gasteiger partial charge in [-0.25, -0.2) is 0 Å². The third kappa shape index (κ3) is 2.24. The van der Waals surface area contributed by atoms with Gasteiger partial charge >= 0.3 is 0 Å². The molecule has 0 heterocycles. The van der Waals surface area contributed by atoms with Crippen molar-refractivity contribution in [1.29, 1.82) is 0 Å². The average Bonchev–Trinajstić information content (AvgIpc) is 2.41. The van der Waals surface area contributed by atoms with Crippen molar-refractivity contribution in [3.63, 3.8) is 0 Å². The van der Waals surface area contributed by atoms with Crippen LogP contribution in [0, 0.1) is 31.1 Å². The minimum Gasteiger partial charge on any atom is -0.325 e. The number of hydrogen-bond acceptors (Lipinski definition) is 1. The van der Waals surface area contributed by atoms with Crippen LogP contribution in [0.1, 0.15) is 49.7 Å². The Balaban J connectivity index is 1.61. The lowest BCUT2D eigenvalue weighted by atomic mass is 9.49. The summed E-state index contributed by atoms with van der Waals surface area (Å²) in [6.45, 7) is 4.19. The number of carbonyl (C=O) groups is 1. The van der Waals surface area contributed by atoms with E-state index < -0.39 is 0 Å². The van der Waals surface area contributed by atoms with Gasteiger partial charge in [0.2, 0.25) is 5.91 Å². The second kappa shape index (κ2) is 4.83. The van der Waals surface area contributed by atoms with Crippen molar-refractivity contribution in [3.05, 3.63) is 29.3 Å². The van der Waals surface area contributed by atoms with Gasteiger partial charge in [-0.2, -0.15) is 0 Å². The third-order valence-corrected chi connectivity index (χ3v) is 7.25. The molecule has 4 atom stereocenters. The van der Waals surface area contributed by atoms with E-state index in [2.05, 4.69) is 41.2 Å². The molecule has 1 aromatic rings. The minimum absolute atomic E-state index is 0.135. The van der Waals surface area contributed by atoms with Crippen LogP contribution < -0.4 is 5.32 Å².